The first-order valence-electron chi connectivity index (χ1n) is 5.02. The smallest absolute Gasteiger partial charge is 0.397 e. The fourth-order valence-electron chi connectivity index (χ4n) is 1.31. The molecule has 2 N–H and O–H groups in total. The number of nitrogens with two attached hydrogens (primary N) is 1. The zero-order chi connectivity index (χ0) is 13.2. The van der Waals surface area contributed by atoms with Crippen LogP contribution < -0.4 is 5.73 Å². The third-order valence-electron chi connectivity index (χ3n) is 2.16. The lowest BCUT2D eigenvalue weighted by Crippen LogP contribution is -2.08. The molecule has 0 bridgehead atoms. The van der Waals surface area contributed by atoms with Gasteiger partial charge in [0.15, 0.2) is 0 Å². The van der Waals surface area contributed by atoms with Gasteiger partial charge in [0.1, 0.15) is 5.69 Å². The predicted molar refractivity (Wildman–Crippen MR) is 64.2 cm³/mol. The maximum Gasteiger partial charge on any atom is 0.433 e. The minimum Gasteiger partial charge on any atom is -0.397 e. The molecule has 0 spiro atoms. The van der Waals surface area contributed by atoms with Crippen LogP contribution in [-0.2, 0) is 6.18 Å². The van der Waals surface area contributed by atoms with Gasteiger partial charge in [0, 0.05) is 9.79 Å². The van der Waals surface area contributed by atoms with Crippen LogP contribution in [0.25, 0.3) is 0 Å². The molecule has 0 saturated heterocycles. The van der Waals surface area contributed by atoms with Gasteiger partial charge in [0.2, 0.25) is 0 Å². The van der Waals surface area contributed by atoms with Gasteiger partial charge in [0.05, 0.1) is 11.9 Å². The molecule has 2 rings (SSSR count). The molecule has 0 radical (unpaired) electrons. The quantitative estimate of drug-likeness (QED) is 0.901. The number of halogens is 3. The van der Waals surface area contributed by atoms with Gasteiger partial charge in [-0.05, 0) is 18.2 Å². The van der Waals surface area contributed by atoms with Gasteiger partial charge in [-0.15, -0.1) is 0 Å². The number of hydrogen-bond donors (Lipinski definition) is 1. The van der Waals surface area contributed by atoms with Gasteiger partial charge < -0.3 is 5.73 Å². The number of benzene rings is 1. The first-order chi connectivity index (χ1) is 8.47. The summed E-state index contributed by atoms with van der Waals surface area (Å²) < 4.78 is 37.6. The average Bonchev–Trinajstić information content (AvgIpc) is 2.32. The molecular formula is C12H9F3N2S. The van der Waals surface area contributed by atoms with E-state index in [-0.39, 0.29) is 5.69 Å². The van der Waals surface area contributed by atoms with Crippen molar-refractivity contribution in [3.8, 4) is 0 Å². The Hall–Kier alpha value is -1.69. The van der Waals surface area contributed by atoms with E-state index >= 15 is 0 Å². The van der Waals surface area contributed by atoms with Crippen molar-refractivity contribution in [2.24, 2.45) is 0 Å². The summed E-state index contributed by atoms with van der Waals surface area (Å²) in [5.74, 6) is 0. The Morgan fingerprint density at radius 1 is 1.11 bits per heavy atom. The van der Waals surface area contributed by atoms with E-state index in [2.05, 4.69) is 4.98 Å². The Labute approximate surface area is 106 Å². The van der Waals surface area contributed by atoms with Crippen molar-refractivity contribution >= 4 is 17.4 Å². The average molecular weight is 270 g/mol. The molecule has 6 heteroatoms. The topological polar surface area (TPSA) is 38.9 Å². The Bertz CT molecular complexity index is 541. The molecule has 0 aliphatic heterocycles. The molecule has 0 aliphatic rings. The number of aromatic nitrogens is 1. The van der Waals surface area contributed by atoms with Crippen molar-refractivity contribution in [3.05, 3.63) is 48.3 Å². The van der Waals surface area contributed by atoms with Crippen molar-refractivity contribution in [1.82, 2.24) is 4.98 Å². The minimum absolute atomic E-state index is 0.233. The van der Waals surface area contributed by atoms with Gasteiger partial charge in [-0.1, -0.05) is 30.0 Å². The molecule has 1 heterocycles. The minimum atomic E-state index is -4.46. The monoisotopic (exact) mass is 270 g/mol. The Kier molecular flexibility index (Phi) is 3.47. The molecule has 18 heavy (non-hydrogen) atoms. The van der Waals surface area contributed by atoms with E-state index in [1.54, 1.807) is 12.1 Å². The van der Waals surface area contributed by atoms with Crippen LogP contribution in [0.4, 0.5) is 18.9 Å². The van der Waals surface area contributed by atoms with E-state index in [1.165, 1.54) is 11.8 Å². The van der Waals surface area contributed by atoms with E-state index in [4.69, 9.17) is 5.73 Å². The maximum atomic E-state index is 12.5. The van der Waals surface area contributed by atoms with Gasteiger partial charge >= 0.3 is 6.18 Å². The number of nitrogen functional groups attached to an aromatic ring is 1. The predicted octanol–water partition coefficient (Wildman–Crippen LogP) is 3.83. The van der Waals surface area contributed by atoms with Crippen LogP contribution in [0.2, 0.25) is 0 Å². The van der Waals surface area contributed by atoms with Crippen LogP contribution in [0, 0.1) is 0 Å². The van der Waals surface area contributed by atoms with Crippen molar-refractivity contribution < 1.29 is 13.2 Å². The summed E-state index contributed by atoms with van der Waals surface area (Å²) in [6.07, 6.45) is -3.42. The number of alkyl halides is 3. The molecule has 0 atom stereocenters. The summed E-state index contributed by atoms with van der Waals surface area (Å²) >= 11 is 1.18. The van der Waals surface area contributed by atoms with Gasteiger partial charge in [0.25, 0.3) is 0 Å². The van der Waals surface area contributed by atoms with Gasteiger partial charge in [-0.3, -0.25) is 0 Å². The molecule has 0 saturated carbocycles. The third-order valence-corrected chi connectivity index (χ3v) is 3.24. The van der Waals surface area contributed by atoms with Gasteiger partial charge in [-0.2, -0.15) is 13.2 Å². The fraction of sp³-hybridized carbons (Fsp3) is 0.0833. The van der Waals surface area contributed by atoms with Crippen LogP contribution in [-0.4, -0.2) is 4.98 Å². The zero-order valence-corrected chi connectivity index (χ0v) is 9.92. The molecule has 0 aliphatic carbocycles. The summed E-state index contributed by atoms with van der Waals surface area (Å²) in [6.45, 7) is 0. The molecule has 1 aromatic heterocycles. The Morgan fingerprint density at radius 3 is 2.39 bits per heavy atom. The van der Waals surface area contributed by atoms with Crippen LogP contribution in [0.3, 0.4) is 0 Å². The molecule has 0 unspecified atom stereocenters. The fourth-order valence-corrected chi connectivity index (χ4v) is 2.19. The molecular weight excluding hydrogens is 261 g/mol. The number of anilines is 1. The standard InChI is InChI=1S/C12H9F3N2S/c13-12(14,15)11-6-10(9(16)7-17-11)18-8-4-2-1-3-5-8/h1-7H,16H2. The first-order valence-corrected chi connectivity index (χ1v) is 5.84. The van der Waals surface area contributed by atoms with Gasteiger partial charge in [-0.25, -0.2) is 4.98 Å². The number of rotatable bonds is 2. The van der Waals surface area contributed by atoms with Crippen molar-refractivity contribution in [1.29, 1.82) is 0 Å². The van der Waals surface area contributed by atoms with E-state index in [1.807, 2.05) is 18.2 Å². The molecule has 2 aromatic rings. The summed E-state index contributed by atoms with van der Waals surface area (Å²) in [6, 6.07) is 10.0. The number of pyridine rings is 1. The second-order valence-electron chi connectivity index (χ2n) is 3.52. The highest BCUT2D eigenvalue weighted by Gasteiger charge is 2.32. The highest BCUT2D eigenvalue weighted by Crippen LogP contribution is 2.35. The summed E-state index contributed by atoms with van der Waals surface area (Å²) in [7, 11) is 0. The van der Waals surface area contributed by atoms with E-state index in [9.17, 15) is 13.2 Å². The lowest BCUT2D eigenvalue weighted by atomic mass is 10.3. The second kappa shape index (κ2) is 4.89. The molecule has 94 valence electrons. The first kappa shape index (κ1) is 12.8. The second-order valence-corrected chi connectivity index (χ2v) is 4.64. The van der Waals surface area contributed by atoms with Crippen LogP contribution in [0.5, 0.6) is 0 Å². The Balaban J connectivity index is 2.33. The number of hydrogen-bond acceptors (Lipinski definition) is 3. The largest absolute Gasteiger partial charge is 0.433 e. The van der Waals surface area contributed by atoms with E-state index in [0.29, 0.717) is 4.90 Å². The Morgan fingerprint density at radius 2 is 1.78 bits per heavy atom. The van der Waals surface area contributed by atoms with Crippen molar-refractivity contribution in [3.63, 3.8) is 0 Å². The molecule has 0 amide bonds. The maximum absolute atomic E-state index is 12.5. The highest BCUT2D eigenvalue weighted by molar-refractivity contribution is 7.99. The van der Waals surface area contributed by atoms with E-state index < -0.39 is 11.9 Å². The van der Waals surface area contributed by atoms with Crippen molar-refractivity contribution in [2.45, 2.75) is 16.0 Å². The van der Waals surface area contributed by atoms with Crippen LogP contribution in [0.15, 0.2) is 52.4 Å². The molecule has 0 fully saturated rings. The lowest BCUT2D eigenvalue weighted by molar-refractivity contribution is -0.141. The summed E-state index contributed by atoms with van der Waals surface area (Å²) in [4.78, 5) is 4.46. The van der Waals surface area contributed by atoms with Crippen LogP contribution in [0.1, 0.15) is 5.69 Å². The van der Waals surface area contributed by atoms with Crippen molar-refractivity contribution in [2.75, 3.05) is 5.73 Å². The molecule has 2 nitrogen and oxygen atoms in total. The SMILES string of the molecule is Nc1cnc(C(F)(F)F)cc1Sc1ccccc1. The normalized spacial score (nSPS) is 11.5. The third kappa shape index (κ3) is 2.95. The lowest BCUT2D eigenvalue weighted by Gasteiger charge is -2.09. The zero-order valence-electron chi connectivity index (χ0n) is 9.11. The van der Waals surface area contributed by atoms with E-state index in [0.717, 1.165) is 17.2 Å². The highest BCUT2D eigenvalue weighted by atomic mass is 32.2. The molecule has 1 aromatic carbocycles. The van der Waals surface area contributed by atoms with Crippen LogP contribution >= 0.6 is 11.8 Å². The number of nitrogens with zero attached hydrogens (tertiary/aromatic N) is 1. The summed E-state index contributed by atoms with van der Waals surface area (Å²) in [5.41, 5.74) is 4.93. The summed E-state index contributed by atoms with van der Waals surface area (Å²) in [5, 5.41) is 0.